The van der Waals surface area contributed by atoms with Gasteiger partial charge in [0.25, 0.3) is 0 Å². The van der Waals surface area contributed by atoms with Crippen LogP contribution in [-0.4, -0.2) is 5.48 Å². The Morgan fingerprint density at radius 3 is 0.429 bits per heavy atom. The van der Waals surface area contributed by atoms with Gasteiger partial charge in [-0.25, -0.2) is 0 Å². The van der Waals surface area contributed by atoms with Crippen LogP contribution in [0.4, 0.5) is 32.9 Å². The first-order valence-electron chi connectivity index (χ1n) is 0.183. The quantitative estimate of drug-likeness (QED) is 0.282. The summed E-state index contributed by atoms with van der Waals surface area (Å²) in [5.41, 5.74) is 0. The van der Waals surface area contributed by atoms with Crippen molar-refractivity contribution < 1.29 is 268 Å². The average Bonchev–Trinajstić information content (AvgIpc) is 1.00. The third-order valence-corrected chi connectivity index (χ3v) is 0. The van der Waals surface area contributed by atoms with Crippen molar-refractivity contribution in [1.82, 2.24) is 0 Å². The summed E-state index contributed by atoms with van der Waals surface area (Å²) in [6.45, 7) is 0. The Balaban J connectivity index is -0.0000000000758. The SMILES string of the molecule is F.F.F.F.F.F.F.O.[K+].[K+].[K+].[K+].[O]=[Nb]. The van der Waals surface area contributed by atoms with Gasteiger partial charge in [-0.05, 0) is 0 Å². The monoisotopic (exact) mass is 423 g/mol. The summed E-state index contributed by atoms with van der Waals surface area (Å²) in [6, 6.07) is 0. The van der Waals surface area contributed by atoms with Gasteiger partial charge >= 0.3 is 230 Å². The fraction of sp³-hybridized carbons (Fsp3) is 0. The minimum absolute atomic E-state index is 0. The van der Waals surface area contributed by atoms with Crippen LogP contribution in [-0.2, 0) is 24.3 Å². The van der Waals surface area contributed by atoms with E-state index in [-0.39, 0.29) is 244 Å². The van der Waals surface area contributed by atoms with Crippen molar-refractivity contribution in [2.24, 2.45) is 0 Å². The molecule has 2 N–H and O–H groups in total. The van der Waals surface area contributed by atoms with Crippen molar-refractivity contribution in [3.8, 4) is 0 Å². The van der Waals surface area contributed by atoms with Gasteiger partial charge < -0.3 is 5.48 Å². The van der Waals surface area contributed by atoms with Crippen LogP contribution in [0.3, 0.4) is 0 Å². The van der Waals surface area contributed by atoms with E-state index in [9.17, 15) is 0 Å². The second-order valence-corrected chi connectivity index (χ2v) is 0. The molecule has 0 saturated heterocycles. The molecule has 0 bridgehead atoms. The molecule has 0 amide bonds. The zero-order valence-electron chi connectivity index (χ0n) is 8.21. The number of halogens is 7. The fourth-order valence-electron chi connectivity index (χ4n) is 0. The Morgan fingerprint density at radius 2 is 0.429 bits per heavy atom. The van der Waals surface area contributed by atoms with E-state index in [1.165, 1.54) is 0 Å². The molecule has 0 aliphatic rings. The van der Waals surface area contributed by atoms with Crippen LogP contribution >= 0.6 is 0 Å². The predicted octanol–water partition coefficient (Wildman–Crippen LogP) is -11.9. The van der Waals surface area contributed by atoms with Gasteiger partial charge in [0.2, 0.25) is 0 Å². The molecule has 0 radical (unpaired) electrons. The predicted molar refractivity (Wildman–Crippen MR) is 21.8 cm³/mol. The van der Waals surface area contributed by atoms with E-state index in [0.29, 0.717) is 21.0 Å². The van der Waals surface area contributed by atoms with Crippen molar-refractivity contribution in [3.05, 3.63) is 0 Å². The van der Waals surface area contributed by atoms with Crippen molar-refractivity contribution in [1.29, 1.82) is 0 Å². The van der Waals surface area contributed by atoms with Gasteiger partial charge in [0.05, 0.1) is 0 Å². The normalized spacial score (nSPS) is 0.214. The van der Waals surface area contributed by atoms with Crippen LogP contribution in [0, 0.1) is 0 Å². The molecule has 0 aromatic rings. The van der Waals surface area contributed by atoms with Gasteiger partial charge in [-0.1, -0.05) is 0 Å². The first-order valence-corrected chi connectivity index (χ1v) is 1.08. The molecule has 14 heavy (non-hydrogen) atoms. The Hall–Kier alpha value is 6.56. The van der Waals surface area contributed by atoms with Crippen LogP contribution in [0.2, 0.25) is 0 Å². The van der Waals surface area contributed by atoms with Crippen LogP contribution in [0.5, 0.6) is 0 Å². The molecule has 0 aromatic heterocycles. The summed E-state index contributed by atoms with van der Waals surface area (Å²) in [5.74, 6) is 0. The van der Waals surface area contributed by atoms with Gasteiger partial charge in [-0.3, -0.25) is 32.9 Å². The summed E-state index contributed by atoms with van der Waals surface area (Å²) in [5, 5.41) is 0. The van der Waals surface area contributed by atoms with E-state index in [4.69, 9.17) is 3.25 Å². The molecule has 0 spiro atoms. The summed E-state index contributed by atoms with van der Waals surface area (Å²) in [7, 11) is 0. The molecule has 0 heterocycles. The average molecular weight is 423 g/mol. The second kappa shape index (κ2) is 157. The zero-order chi connectivity index (χ0) is 2.00. The van der Waals surface area contributed by atoms with Crippen LogP contribution in [0.1, 0.15) is 0 Å². The maximum absolute atomic E-state index is 8.30. The maximum atomic E-state index is 8.30. The van der Waals surface area contributed by atoms with E-state index in [1.54, 1.807) is 0 Å². The van der Waals surface area contributed by atoms with Gasteiger partial charge in [-0.2, -0.15) is 0 Å². The van der Waals surface area contributed by atoms with Gasteiger partial charge in [0.15, 0.2) is 0 Å². The molecule has 0 aliphatic heterocycles. The van der Waals surface area contributed by atoms with Crippen molar-refractivity contribution >= 4 is 0 Å². The third kappa shape index (κ3) is 133. The Kier molecular flexibility index (Phi) is 1540. The number of hydrogen-bond donors (Lipinski definition) is 0. The summed E-state index contributed by atoms with van der Waals surface area (Å²) < 4.78 is 8.30. The van der Waals surface area contributed by atoms with Crippen LogP contribution < -0.4 is 206 Å². The first-order chi connectivity index (χ1) is 1.00. The Morgan fingerprint density at radius 1 is 0.429 bits per heavy atom. The molecule has 75 valence electrons. The molecule has 14 heteroatoms. The molecule has 0 fully saturated rings. The van der Waals surface area contributed by atoms with E-state index < -0.39 is 0 Å². The molecular weight excluding hydrogens is 414 g/mol. The van der Waals surface area contributed by atoms with E-state index in [1.807, 2.05) is 0 Å². The Bertz CT molecular complexity index is 23.7. The van der Waals surface area contributed by atoms with Gasteiger partial charge in [0.1, 0.15) is 0 Å². The molecule has 0 aliphatic carbocycles. The van der Waals surface area contributed by atoms with Crippen molar-refractivity contribution in [3.63, 3.8) is 0 Å². The van der Waals surface area contributed by atoms with Crippen LogP contribution in [0.25, 0.3) is 0 Å². The molecule has 0 aromatic carbocycles. The van der Waals surface area contributed by atoms with Crippen molar-refractivity contribution in [2.75, 3.05) is 0 Å². The fourth-order valence-corrected chi connectivity index (χ4v) is 0. The molecule has 0 rings (SSSR count). The summed E-state index contributed by atoms with van der Waals surface area (Å²) in [6.07, 6.45) is 0. The molecule has 2 nitrogen and oxygen atoms in total. The second-order valence-electron chi connectivity index (χ2n) is 0. The van der Waals surface area contributed by atoms with Gasteiger partial charge in [-0.15, -0.1) is 0 Å². The summed E-state index contributed by atoms with van der Waals surface area (Å²) in [4.78, 5) is 0. The zero-order valence-corrected chi connectivity index (χ0v) is 22.9. The summed E-state index contributed by atoms with van der Waals surface area (Å²) >= 11 is 0.500. The van der Waals surface area contributed by atoms with Crippen molar-refractivity contribution in [2.45, 2.75) is 0 Å². The number of rotatable bonds is 0. The van der Waals surface area contributed by atoms with E-state index in [0.717, 1.165) is 0 Å². The first kappa shape index (κ1) is 138. The standard InChI is InChI=1S/7FH.4K.Nb.H2O.O/h7*1H;;;;;;1H2;/q;;;;;;;4*+1;;;. The van der Waals surface area contributed by atoms with Crippen LogP contribution in [0.15, 0.2) is 0 Å². The topological polar surface area (TPSA) is 48.6 Å². The Labute approximate surface area is 259 Å². The number of hydrogen-bond acceptors (Lipinski definition) is 1. The van der Waals surface area contributed by atoms with Gasteiger partial charge in [0, 0.05) is 0 Å². The minimum atomic E-state index is 0. The molecule has 0 atom stereocenters. The molecular formula is H9F7K4NbO2+4. The molecule has 0 unspecified atom stereocenters. The molecule has 0 saturated carbocycles. The van der Waals surface area contributed by atoms with E-state index >= 15 is 0 Å². The third-order valence-electron chi connectivity index (χ3n) is 0. The van der Waals surface area contributed by atoms with E-state index in [2.05, 4.69) is 0 Å².